The summed E-state index contributed by atoms with van der Waals surface area (Å²) >= 11 is 0. The lowest BCUT2D eigenvalue weighted by atomic mass is 9.93. The van der Waals surface area contributed by atoms with Gasteiger partial charge in [-0.3, -0.25) is 4.79 Å². The third-order valence-electron chi connectivity index (χ3n) is 3.09. The molecule has 0 heterocycles. The van der Waals surface area contributed by atoms with Crippen molar-refractivity contribution in [1.82, 2.24) is 0 Å². The van der Waals surface area contributed by atoms with Gasteiger partial charge in [0, 0.05) is 5.92 Å². The van der Waals surface area contributed by atoms with Crippen LogP contribution in [0, 0.1) is 0 Å². The van der Waals surface area contributed by atoms with Crippen LogP contribution in [0.25, 0.3) is 0 Å². The molecule has 0 saturated heterocycles. The van der Waals surface area contributed by atoms with Gasteiger partial charge >= 0.3 is 0 Å². The summed E-state index contributed by atoms with van der Waals surface area (Å²) < 4.78 is 5.71. The second-order valence-corrected chi connectivity index (χ2v) is 4.48. The smallest absolute Gasteiger partial charge is 0.137 e. The van der Waals surface area contributed by atoms with E-state index in [-0.39, 0.29) is 17.8 Å². The molecule has 0 aromatic heterocycles. The number of ether oxygens (including phenoxy) is 1. The van der Waals surface area contributed by atoms with Crippen LogP contribution >= 0.6 is 0 Å². The average Bonchev–Trinajstić information content (AvgIpc) is 2.31. The van der Waals surface area contributed by atoms with Crippen LogP contribution in [0.2, 0.25) is 0 Å². The molecule has 2 unspecified atom stereocenters. The maximum Gasteiger partial charge on any atom is 0.137 e. The van der Waals surface area contributed by atoms with E-state index >= 15 is 0 Å². The summed E-state index contributed by atoms with van der Waals surface area (Å²) in [4.78, 5) is 11.5. The molecule has 2 atom stereocenters. The fourth-order valence-corrected chi connectivity index (χ4v) is 1.85. The van der Waals surface area contributed by atoms with Crippen molar-refractivity contribution < 1.29 is 9.53 Å². The van der Waals surface area contributed by atoms with E-state index in [4.69, 9.17) is 4.74 Å². The Labute approximate surface area is 104 Å². The zero-order valence-corrected chi connectivity index (χ0v) is 11.2. The van der Waals surface area contributed by atoms with E-state index < -0.39 is 0 Å². The Balaban J connectivity index is 2.76. The van der Waals surface area contributed by atoms with Gasteiger partial charge < -0.3 is 4.74 Å². The van der Waals surface area contributed by atoms with E-state index in [2.05, 4.69) is 13.8 Å². The summed E-state index contributed by atoms with van der Waals surface area (Å²) in [7, 11) is 0. The molecule has 0 fully saturated rings. The van der Waals surface area contributed by atoms with Gasteiger partial charge in [0.1, 0.15) is 11.5 Å². The van der Waals surface area contributed by atoms with E-state index in [0.717, 1.165) is 24.2 Å². The van der Waals surface area contributed by atoms with Crippen molar-refractivity contribution >= 4 is 5.78 Å². The Morgan fingerprint density at radius 1 is 1.18 bits per heavy atom. The first kappa shape index (κ1) is 13.8. The summed E-state index contributed by atoms with van der Waals surface area (Å²) in [6.07, 6.45) is 2.07. The highest BCUT2D eigenvalue weighted by atomic mass is 16.5. The fraction of sp³-hybridized carbons (Fsp3) is 0.533. The summed E-state index contributed by atoms with van der Waals surface area (Å²) in [5.41, 5.74) is 1.08. The molecule has 0 amide bonds. The van der Waals surface area contributed by atoms with E-state index in [1.165, 1.54) is 0 Å². The highest BCUT2D eigenvalue weighted by Gasteiger charge is 2.14. The Bertz CT molecular complexity index is 354. The molecule has 2 heteroatoms. The van der Waals surface area contributed by atoms with E-state index in [0.29, 0.717) is 0 Å². The van der Waals surface area contributed by atoms with E-state index in [1.807, 2.05) is 31.2 Å². The molecule has 1 rings (SSSR count). The monoisotopic (exact) mass is 234 g/mol. The van der Waals surface area contributed by atoms with Crippen LogP contribution in [0.1, 0.15) is 52.0 Å². The number of carbonyl (C=O) groups excluding carboxylic acids is 1. The second kappa shape index (κ2) is 6.43. The van der Waals surface area contributed by atoms with Gasteiger partial charge in [0.2, 0.25) is 0 Å². The van der Waals surface area contributed by atoms with Crippen LogP contribution in [0.5, 0.6) is 5.75 Å². The van der Waals surface area contributed by atoms with Crippen LogP contribution in [0.4, 0.5) is 0 Å². The van der Waals surface area contributed by atoms with Gasteiger partial charge in [-0.15, -0.1) is 0 Å². The minimum atomic E-state index is 0.0210. The van der Waals surface area contributed by atoms with Gasteiger partial charge in [0.05, 0.1) is 6.10 Å². The molecule has 17 heavy (non-hydrogen) atoms. The van der Waals surface area contributed by atoms with Crippen molar-refractivity contribution in [3.8, 4) is 5.75 Å². The number of rotatable bonds is 6. The van der Waals surface area contributed by atoms with E-state index in [9.17, 15) is 4.79 Å². The summed E-state index contributed by atoms with van der Waals surface area (Å²) in [5.74, 6) is 1.12. The van der Waals surface area contributed by atoms with Crippen LogP contribution in [-0.2, 0) is 4.79 Å². The molecule has 1 aromatic rings. The van der Waals surface area contributed by atoms with Gasteiger partial charge in [-0.2, -0.15) is 0 Å². The number of benzene rings is 1. The number of hydrogen-bond acceptors (Lipinski definition) is 2. The van der Waals surface area contributed by atoms with Crippen molar-refractivity contribution in [2.75, 3.05) is 0 Å². The number of carbonyl (C=O) groups is 1. The maximum atomic E-state index is 11.5. The molecule has 94 valence electrons. The predicted octanol–water partition coefficient (Wildman–Crippen LogP) is 3.95. The topological polar surface area (TPSA) is 26.3 Å². The molecule has 0 aliphatic heterocycles. The van der Waals surface area contributed by atoms with Crippen molar-refractivity contribution in [3.63, 3.8) is 0 Å². The average molecular weight is 234 g/mol. The molecule has 0 aliphatic rings. The standard InChI is InChI=1S/C15H22O2/c1-5-11(3)17-14-9-7-13(8-10-14)15(6-2)12(4)16/h7-11,15H,5-6H2,1-4H3. The van der Waals surface area contributed by atoms with Gasteiger partial charge in [-0.25, -0.2) is 0 Å². The van der Waals surface area contributed by atoms with Crippen LogP contribution in [0.3, 0.4) is 0 Å². The molecule has 0 spiro atoms. The van der Waals surface area contributed by atoms with Gasteiger partial charge in [-0.05, 0) is 44.4 Å². The number of Topliss-reactive ketones (excluding diaryl/α,β-unsaturated/α-hetero) is 1. The summed E-state index contributed by atoms with van der Waals surface area (Å²) in [6, 6.07) is 7.89. The quantitative estimate of drug-likeness (QED) is 0.745. The number of hydrogen-bond donors (Lipinski definition) is 0. The Morgan fingerprint density at radius 2 is 1.76 bits per heavy atom. The zero-order chi connectivity index (χ0) is 12.8. The minimum absolute atomic E-state index is 0.0210. The highest BCUT2D eigenvalue weighted by Crippen LogP contribution is 2.23. The van der Waals surface area contributed by atoms with Crippen LogP contribution < -0.4 is 4.74 Å². The normalized spacial score (nSPS) is 14.1. The van der Waals surface area contributed by atoms with Crippen molar-refractivity contribution in [2.24, 2.45) is 0 Å². The van der Waals surface area contributed by atoms with Crippen LogP contribution in [-0.4, -0.2) is 11.9 Å². The largest absolute Gasteiger partial charge is 0.491 e. The van der Waals surface area contributed by atoms with Crippen molar-refractivity contribution in [1.29, 1.82) is 0 Å². The maximum absolute atomic E-state index is 11.5. The molecule has 0 radical (unpaired) electrons. The minimum Gasteiger partial charge on any atom is -0.491 e. The molecular formula is C15H22O2. The molecule has 0 N–H and O–H groups in total. The first-order valence-electron chi connectivity index (χ1n) is 6.35. The van der Waals surface area contributed by atoms with E-state index in [1.54, 1.807) is 6.92 Å². The molecule has 0 bridgehead atoms. The predicted molar refractivity (Wildman–Crippen MR) is 70.5 cm³/mol. The molecule has 0 saturated carbocycles. The van der Waals surface area contributed by atoms with Crippen LogP contribution in [0.15, 0.2) is 24.3 Å². The highest BCUT2D eigenvalue weighted by molar-refractivity contribution is 5.83. The lowest BCUT2D eigenvalue weighted by Crippen LogP contribution is -2.10. The zero-order valence-electron chi connectivity index (χ0n) is 11.2. The second-order valence-electron chi connectivity index (χ2n) is 4.48. The summed E-state index contributed by atoms with van der Waals surface area (Å²) in [6.45, 7) is 7.84. The lowest BCUT2D eigenvalue weighted by Gasteiger charge is -2.15. The molecular weight excluding hydrogens is 212 g/mol. The Kier molecular flexibility index (Phi) is 5.20. The summed E-state index contributed by atoms with van der Waals surface area (Å²) in [5, 5.41) is 0. The molecule has 0 aliphatic carbocycles. The Morgan fingerprint density at radius 3 is 2.18 bits per heavy atom. The Hall–Kier alpha value is -1.31. The van der Waals surface area contributed by atoms with Gasteiger partial charge in [0.25, 0.3) is 0 Å². The molecule has 2 nitrogen and oxygen atoms in total. The fourth-order valence-electron chi connectivity index (χ4n) is 1.85. The third kappa shape index (κ3) is 3.88. The first-order valence-corrected chi connectivity index (χ1v) is 6.35. The first-order chi connectivity index (χ1) is 8.08. The van der Waals surface area contributed by atoms with Crippen molar-refractivity contribution in [3.05, 3.63) is 29.8 Å². The lowest BCUT2D eigenvalue weighted by molar-refractivity contribution is -0.118. The number of ketones is 1. The molecule has 1 aromatic carbocycles. The SMILES string of the molecule is CCC(C)Oc1ccc(C(CC)C(C)=O)cc1. The van der Waals surface area contributed by atoms with Crippen molar-refractivity contribution in [2.45, 2.75) is 52.6 Å². The van der Waals surface area contributed by atoms with Gasteiger partial charge in [0.15, 0.2) is 0 Å². The van der Waals surface area contributed by atoms with Gasteiger partial charge in [-0.1, -0.05) is 26.0 Å². The third-order valence-corrected chi connectivity index (χ3v) is 3.09.